The second-order valence-electron chi connectivity index (χ2n) is 6.05. The molecule has 0 spiro atoms. The van der Waals surface area contributed by atoms with Gasteiger partial charge in [0.25, 0.3) is 5.91 Å². The molecule has 1 atom stereocenters. The summed E-state index contributed by atoms with van der Waals surface area (Å²) in [7, 11) is 1.78. The van der Waals surface area contributed by atoms with Crippen molar-refractivity contribution in [2.24, 2.45) is 7.05 Å². The minimum atomic E-state index is -0.224. The van der Waals surface area contributed by atoms with E-state index in [1.54, 1.807) is 24.1 Å². The molecule has 0 aromatic carbocycles. The third kappa shape index (κ3) is 3.03. The van der Waals surface area contributed by atoms with Crippen LogP contribution in [0.2, 0.25) is 0 Å². The summed E-state index contributed by atoms with van der Waals surface area (Å²) in [6.07, 6.45) is 5.45. The van der Waals surface area contributed by atoms with Gasteiger partial charge in [-0.1, -0.05) is 6.07 Å². The van der Waals surface area contributed by atoms with E-state index in [0.717, 1.165) is 30.8 Å². The summed E-state index contributed by atoms with van der Waals surface area (Å²) in [4.78, 5) is 17.0. The number of rotatable bonds is 4. The van der Waals surface area contributed by atoms with Crippen LogP contribution in [0.15, 0.2) is 36.7 Å². The number of amides is 1. The summed E-state index contributed by atoms with van der Waals surface area (Å²) in [5.41, 5.74) is 3.40. The molecule has 0 radical (unpaired) electrons. The van der Waals surface area contributed by atoms with Crippen LogP contribution in [0.3, 0.4) is 0 Å². The maximum atomic E-state index is 12.7. The van der Waals surface area contributed by atoms with Crippen LogP contribution >= 0.6 is 0 Å². The summed E-state index contributed by atoms with van der Waals surface area (Å²) in [6.45, 7) is 0.991. The van der Waals surface area contributed by atoms with Crippen molar-refractivity contribution in [2.75, 3.05) is 11.9 Å². The summed E-state index contributed by atoms with van der Waals surface area (Å²) in [5, 5.41) is 17.7. The Labute approximate surface area is 144 Å². The molecule has 3 N–H and O–H groups in total. The van der Waals surface area contributed by atoms with Crippen LogP contribution in [0.4, 0.5) is 5.69 Å². The Morgan fingerprint density at radius 3 is 3.08 bits per heavy atom. The number of hydrogen-bond donors (Lipinski definition) is 3. The summed E-state index contributed by atoms with van der Waals surface area (Å²) in [5.74, 6) is -0.224. The monoisotopic (exact) mass is 337 g/mol. The van der Waals surface area contributed by atoms with Crippen LogP contribution in [0.1, 0.15) is 35.1 Å². The molecular weight excluding hydrogens is 318 g/mol. The van der Waals surface area contributed by atoms with E-state index in [9.17, 15) is 4.79 Å². The van der Waals surface area contributed by atoms with E-state index >= 15 is 0 Å². The molecule has 3 aromatic heterocycles. The van der Waals surface area contributed by atoms with Gasteiger partial charge in [-0.3, -0.25) is 19.6 Å². The molecule has 4 rings (SSSR count). The Morgan fingerprint density at radius 1 is 1.40 bits per heavy atom. The molecule has 1 aliphatic heterocycles. The van der Waals surface area contributed by atoms with Crippen LogP contribution in [-0.2, 0) is 7.05 Å². The molecule has 1 amide bonds. The summed E-state index contributed by atoms with van der Waals surface area (Å²) < 4.78 is 1.62. The van der Waals surface area contributed by atoms with Crippen LogP contribution in [0.5, 0.6) is 0 Å². The SMILES string of the molecule is Cn1nc(C2CCCN2)cc1C(=O)Nc1cn[nH]c1-c1ccccn1. The van der Waals surface area contributed by atoms with Gasteiger partial charge in [-0.05, 0) is 37.6 Å². The maximum Gasteiger partial charge on any atom is 0.274 e. The van der Waals surface area contributed by atoms with E-state index in [1.165, 1.54) is 0 Å². The Hall–Kier alpha value is -3.00. The van der Waals surface area contributed by atoms with Gasteiger partial charge in [0.1, 0.15) is 11.4 Å². The van der Waals surface area contributed by atoms with Gasteiger partial charge in [0.2, 0.25) is 0 Å². The number of anilines is 1. The zero-order chi connectivity index (χ0) is 17.2. The molecule has 1 saturated heterocycles. The molecule has 4 heterocycles. The van der Waals surface area contributed by atoms with E-state index < -0.39 is 0 Å². The van der Waals surface area contributed by atoms with Crippen LogP contribution in [0, 0.1) is 0 Å². The van der Waals surface area contributed by atoms with E-state index in [-0.39, 0.29) is 11.9 Å². The van der Waals surface area contributed by atoms with E-state index in [4.69, 9.17) is 0 Å². The Balaban J connectivity index is 1.56. The molecule has 0 bridgehead atoms. The fourth-order valence-corrected chi connectivity index (χ4v) is 3.08. The minimum absolute atomic E-state index is 0.224. The molecule has 0 aliphatic carbocycles. The zero-order valence-electron chi connectivity index (χ0n) is 13.9. The van der Waals surface area contributed by atoms with E-state index in [1.807, 2.05) is 24.3 Å². The van der Waals surface area contributed by atoms with Crippen molar-refractivity contribution < 1.29 is 4.79 Å². The van der Waals surface area contributed by atoms with Gasteiger partial charge in [-0.25, -0.2) is 0 Å². The van der Waals surface area contributed by atoms with E-state index in [2.05, 4.69) is 30.9 Å². The number of H-pyrrole nitrogens is 1. The van der Waals surface area contributed by atoms with Crippen LogP contribution < -0.4 is 10.6 Å². The number of aryl methyl sites for hydroxylation is 1. The molecule has 8 heteroatoms. The van der Waals surface area contributed by atoms with Crippen molar-refractivity contribution in [3.63, 3.8) is 0 Å². The van der Waals surface area contributed by atoms with Gasteiger partial charge in [-0.2, -0.15) is 10.2 Å². The van der Waals surface area contributed by atoms with Gasteiger partial charge < -0.3 is 10.6 Å². The first-order valence-corrected chi connectivity index (χ1v) is 8.26. The van der Waals surface area contributed by atoms with Gasteiger partial charge in [0.05, 0.1) is 29.3 Å². The Kier molecular flexibility index (Phi) is 4.02. The normalized spacial score (nSPS) is 16.9. The smallest absolute Gasteiger partial charge is 0.274 e. The van der Waals surface area contributed by atoms with Crippen molar-refractivity contribution in [3.05, 3.63) is 48.0 Å². The van der Waals surface area contributed by atoms with Crippen LogP contribution in [0.25, 0.3) is 11.4 Å². The molecule has 3 aromatic rings. The highest BCUT2D eigenvalue weighted by Gasteiger charge is 2.23. The van der Waals surface area contributed by atoms with Crippen molar-refractivity contribution in [1.29, 1.82) is 0 Å². The predicted octanol–water partition coefficient (Wildman–Crippen LogP) is 1.88. The average molecular weight is 337 g/mol. The quantitative estimate of drug-likeness (QED) is 0.675. The number of aromatic amines is 1. The molecule has 1 aliphatic rings. The number of carbonyl (C=O) groups excluding carboxylic acids is 1. The third-order valence-electron chi connectivity index (χ3n) is 4.36. The summed E-state index contributed by atoms with van der Waals surface area (Å²) in [6, 6.07) is 7.66. The lowest BCUT2D eigenvalue weighted by Gasteiger charge is -2.05. The molecule has 25 heavy (non-hydrogen) atoms. The van der Waals surface area contributed by atoms with Crippen molar-refractivity contribution >= 4 is 11.6 Å². The van der Waals surface area contributed by atoms with Gasteiger partial charge in [0.15, 0.2) is 0 Å². The maximum absolute atomic E-state index is 12.7. The van der Waals surface area contributed by atoms with Crippen molar-refractivity contribution in [2.45, 2.75) is 18.9 Å². The topological polar surface area (TPSA) is 101 Å². The van der Waals surface area contributed by atoms with Gasteiger partial charge >= 0.3 is 0 Å². The predicted molar refractivity (Wildman–Crippen MR) is 93.0 cm³/mol. The number of aromatic nitrogens is 5. The molecule has 1 fully saturated rings. The number of pyridine rings is 1. The molecule has 0 saturated carbocycles. The summed E-state index contributed by atoms with van der Waals surface area (Å²) >= 11 is 0. The number of nitrogens with one attached hydrogen (secondary N) is 3. The fraction of sp³-hybridized carbons (Fsp3) is 0.294. The highest BCUT2D eigenvalue weighted by atomic mass is 16.2. The first-order valence-electron chi connectivity index (χ1n) is 8.26. The molecular formula is C17H19N7O. The number of nitrogens with zero attached hydrogens (tertiary/aromatic N) is 4. The Morgan fingerprint density at radius 2 is 2.32 bits per heavy atom. The first kappa shape index (κ1) is 15.5. The molecule has 8 nitrogen and oxygen atoms in total. The van der Waals surface area contributed by atoms with Crippen molar-refractivity contribution in [1.82, 2.24) is 30.3 Å². The van der Waals surface area contributed by atoms with Crippen LogP contribution in [-0.4, -0.2) is 37.4 Å². The second-order valence-corrected chi connectivity index (χ2v) is 6.05. The lowest BCUT2D eigenvalue weighted by molar-refractivity contribution is 0.101. The minimum Gasteiger partial charge on any atom is -0.317 e. The Bertz CT molecular complexity index is 878. The largest absolute Gasteiger partial charge is 0.317 e. The first-order chi connectivity index (χ1) is 12.2. The average Bonchev–Trinajstić information content (AvgIpc) is 3.35. The van der Waals surface area contributed by atoms with Gasteiger partial charge in [-0.15, -0.1) is 0 Å². The highest BCUT2D eigenvalue weighted by molar-refractivity contribution is 6.04. The number of carbonyl (C=O) groups is 1. The number of hydrogen-bond acceptors (Lipinski definition) is 5. The van der Waals surface area contributed by atoms with E-state index in [0.29, 0.717) is 17.1 Å². The highest BCUT2D eigenvalue weighted by Crippen LogP contribution is 2.25. The lowest BCUT2D eigenvalue weighted by atomic mass is 10.1. The third-order valence-corrected chi connectivity index (χ3v) is 4.36. The van der Waals surface area contributed by atoms with Crippen molar-refractivity contribution in [3.8, 4) is 11.4 Å². The standard InChI is InChI=1S/C17H19N7O/c1-24-15(9-13(23-24)11-6-4-8-18-11)17(25)21-14-10-20-22-16(14)12-5-2-3-7-19-12/h2-3,5,7,9-11,18H,4,6,8H2,1H3,(H,20,22)(H,21,25). The zero-order valence-corrected chi connectivity index (χ0v) is 13.9. The molecule has 1 unspecified atom stereocenters. The van der Waals surface area contributed by atoms with Gasteiger partial charge in [0, 0.05) is 13.2 Å². The lowest BCUT2D eigenvalue weighted by Crippen LogP contribution is -2.16. The second kappa shape index (κ2) is 6.48. The fourth-order valence-electron chi connectivity index (χ4n) is 3.08. The molecule has 128 valence electrons.